The van der Waals surface area contributed by atoms with Gasteiger partial charge in [-0.2, -0.15) is 16.8 Å². The van der Waals surface area contributed by atoms with Crippen LogP contribution in [0.2, 0.25) is 0 Å². The van der Waals surface area contributed by atoms with Gasteiger partial charge in [0.25, 0.3) is 20.2 Å². The normalized spacial score (nSPS) is 35.2. The molecule has 4 atom stereocenters. The summed E-state index contributed by atoms with van der Waals surface area (Å²) in [6.45, 7) is -0.0372. The second-order valence-corrected chi connectivity index (χ2v) is 8.11. The molecule has 0 aromatic carbocycles. The number of rotatable bonds is 5. The highest BCUT2D eigenvalue weighted by atomic mass is 32.2. The van der Waals surface area contributed by atoms with E-state index in [9.17, 15) is 16.8 Å². The molecule has 8 heteroatoms. The summed E-state index contributed by atoms with van der Waals surface area (Å²) in [7, 11) is -7.08. The first-order valence-electron chi connectivity index (χ1n) is 5.57. The quantitative estimate of drug-likeness (QED) is 0.529. The van der Waals surface area contributed by atoms with Gasteiger partial charge in [0.15, 0.2) is 0 Å². The topological polar surface area (TPSA) is 86.7 Å². The molecule has 2 aliphatic rings. The van der Waals surface area contributed by atoms with E-state index in [0.29, 0.717) is 0 Å². The van der Waals surface area contributed by atoms with Gasteiger partial charge in [-0.05, 0) is 12.3 Å². The Kier molecular flexibility index (Phi) is 3.56. The van der Waals surface area contributed by atoms with E-state index < -0.39 is 26.3 Å². The Balaban J connectivity index is 2.09. The van der Waals surface area contributed by atoms with E-state index in [-0.39, 0.29) is 24.4 Å². The molecule has 0 radical (unpaired) electrons. The minimum Gasteiger partial charge on any atom is -0.270 e. The molecular weight excluding hydrogens is 280 g/mol. The molecule has 1 saturated carbocycles. The molecular formula is C10H16O6S2. The summed E-state index contributed by atoms with van der Waals surface area (Å²) in [5, 5.41) is 0. The number of hydrogen-bond acceptors (Lipinski definition) is 6. The van der Waals surface area contributed by atoms with Crippen LogP contribution in [0.5, 0.6) is 0 Å². The second-order valence-electron chi connectivity index (χ2n) is 4.87. The van der Waals surface area contributed by atoms with Crippen LogP contribution >= 0.6 is 0 Å². The molecule has 0 spiro atoms. The maximum absolute atomic E-state index is 11.2. The van der Waals surface area contributed by atoms with Crippen LogP contribution in [0, 0.1) is 17.8 Å². The first kappa shape index (κ1) is 14.0. The minimum absolute atomic E-state index is 0.0258. The van der Waals surface area contributed by atoms with E-state index in [1.54, 1.807) is 0 Å². The molecule has 0 amide bonds. The van der Waals surface area contributed by atoms with Crippen molar-refractivity contribution in [1.29, 1.82) is 0 Å². The van der Waals surface area contributed by atoms with Crippen molar-refractivity contribution < 1.29 is 25.2 Å². The van der Waals surface area contributed by atoms with Crippen LogP contribution in [0.3, 0.4) is 0 Å². The first-order chi connectivity index (χ1) is 8.16. The molecule has 0 aliphatic heterocycles. The zero-order valence-corrected chi connectivity index (χ0v) is 11.8. The molecule has 0 heterocycles. The van der Waals surface area contributed by atoms with Crippen molar-refractivity contribution in [3.8, 4) is 0 Å². The van der Waals surface area contributed by atoms with Crippen LogP contribution in [0.15, 0.2) is 12.2 Å². The molecule has 2 rings (SSSR count). The highest BCUT2D eigenvalue weighted by Crippen LogP contribution is 2.45. The molecule has 2 aliphatic carbocycles. The van der Waals surface area contributed by atoms with Crippen LogP contribution in [0.1, 0.15) is 6.42 Å². The second kappa shape index (κ2) is 4.59. The maximum atomic E-state index is 11.2. The average molecular weight is 296 g/mol. The Morgan fingerprint density at radius 3 is 2.22 bits per heavy atom. The smallest absolute Gasteiger partial charge is 0.264 e. The summed E-state index contributed by atoms with van der Waals surface area (Å²) >= 11 is 0. The maximum Gasteiger partial charge on any atom is 0.264 e. The molecule has 2 bridgehead atoms. The van der Waals surface area contributed by atoms with Gasteiger partial charge in [0, 0.05) is 11.8 Å². The van der Waals surface area contributed by atoms with Crippen LogP contribution in [0.4, 0.5) is 0 Å². The first-order valence-corrected chi connectivity index (χ1v) is 9.20. The Morgan fingerprint density at radius 2 is 1.67 bits per heavy atom. The molecule has 0 aromatic rings. The minimum atomic E-state index is -3.56. The molecule has 0 N–H and O–H groups in total. The summed E-state index contributed by atoms with van der Waals surface area (Å²) in [6.07, 6.45) is 6.15. The van der Waals surface area contributed by atoms with Gasteiger partial charge < -0.3 is 0 Å². The molecule has 0 saturated heterocycles. The van der Waals surface area contributed by atoms with E-state index in [1.807, 2.05) is 12.2 Å². The number of allylic oxidation sites excluding steroid dienone is 1. The Labute approximate surface area is 107 Å². The zero-order chi connectivity index (χ0) is 13.6. The molecule has 6 nitrogen and oxygen atoms in total. The monoisotopic (exact) mass is 296 g/mol. The van der Waals surface area contributed by atoms with Crippen molar-refractivity contribution in [2.45, 2.75) is 12.5 Å². The lowest BCUT2D eigenvalue weighted by Crippen LogP contribution is -2.33. The summed E-state index contributed by atoms with van der Waals surface area (Å²) in [4.78, 5) is 0. The van der Waals surface area contributed by atoms with E-state index in [4.69, 9.17) is 8.37 Å². The van der Waals surface area contributed by atoms with Crippen molar-refractivity contribution in [1.82, 2.24) is 0 Å². The lowest BCUT2D eigenvalue weighted by Gasteiger charge is -2.26. The fourth-order valence-corrected chi connectivity index (χ4v) is 3.74. The number of hydrogen-bond donors (Lipinski definition) is 0. The van der Waals surface area contributed by atoms with Gasteiger partial charge >= 0.3 is 0 Å². The van der Waals surface area contributed by atoms with Crippen LogP contribution in [-0.4, -0.2) is 42.1 Å². The summed E-state index contributed by atoms with van der Waals surface area (Å²) < 4.78 is 54.2. The van der Waals surface area contributed by atoms with Gasteiger partial charge in [0.2, 0.25) is 0 Å². The summed E-state index contributed by atoms with van der Waals surface area (Å²) in [6, 6.07) is 0. The Bertz CT molecular complexity index is 547. The third-order valence-corrected chi connectivity index (χ3v) is 4.44. The lowest BCUT2D eigenvalue weighted by atomic mass is 9.92. The standard InChI is InChI=1S/C10H16O6S2/c1-17(11,12)15-6-9-7-3-4-8(5-7)10(9)16-18(2,13)14/h3-4,7-10H,5-6H2,1-2H3. The van der Waals surface area contributed by atoms with E-state index in [1.165, 1.54) is 0 Å². The van der Waals surface area contributed by atoms with Gasteiger partial charge in [-0.1, -0.05) is 12.2 Å². The molecule has 0 aromatic heterocycles. The van der Waals surface area contributed by atoms with Gasteiger partial charge in [-0.25, -0.2) is 0 Å². The lowest BCUT2D eigenvalue weighted by molar-refractivity contribution is 0.0957. The summed E-state index contributed by atoms with van der Waals surface area (Å²) in [5.74, 6) is -0.0779. The van der Waals surface area contributed by atoms with Gasteiger partial charge in [-0.3, -0.25) is 8.37 Å². The molecule has 1 fully saturated rings. The van der Waals surface area contributed by atoms with Gasteiger partial charge in [0.1, 0.15) is 0 Å². The van der Waals surface area contributed by atoms with Crippen molar-refractivity contribution in [2.75, 3.05) is 19.1 Å². The van der Waals surface area contributed by atoms with Crippen molar-refractivity contribution in [2.24, 2.45) is 17.8 Å². The highest BCUT2D eigenvalue weighted by Gasteiger charge is 2.47. The Morgan fingerprint density at radius 1 is 1.06 bits per heavy atom. The Hall–Kier alpha value is -0.440. The van der Waals surface area contributed by atoms with E-state index >= 15 is 0 Å². The van der Waals surface area contributed by atoms with E-state index in [2.05, 4.69) is 0 Å². The van der Waals surface area contributed by atoms with Crippen LogP contribution < -0.4 is 0 Å². The highest BCUT2D eigenvalue weighted by molar-refractivity contribution is 7.86. The third-order valence-electron chi connectivity index (χ3n) is 3.30. The molecule has 18 heavy (non-hydrogen) atoms. The van der Waals surface area contributed by atoms with Gasteiger partial charge in [-0.15, -0.1) is 0 Å². The fraction of sp³-hybridized carbons (Fsp3) is 0.800. The predicted octanol–water partition coefficient (Wildman–Crippen LogP) is 0.130. The van der Waals surface area contributed by atoms with Crippen LogP contribution in [0.25, 0.3) is 0 Å². The van der Waals surface area contributed by atoms with Crippen molar-refractivity contribution in [3.63, 3.8) is 0 Å². The zero-order valence-electron chi connectivity index (χ0n) is 10.1. The predicted molar refractivity (Wildman–Crippen MR) is 64.7 cm³/mol. The summed E-state index contributed by atoms with van der Waals surface area (Å²) in [5.41, 5.74) is 0. The SMILES string of the molecule is CS(=O)(=O)OCC1C2C=CC(C2)C1OS(C)(=O)=O. The van der Waals surface area contributed by atoms with Crippen LogP contribution in [-0.2, 0) is 28.6 Å². The van der Waals surface area contributed by atoms with E-state index in [0.717, 1.165) is 18.9 Å². The van der Waals surface area contributed by atoms with Crippen molar-refractivity contribution in [3.05, 3.63) is 12.2 Å². The third kappa shape index (κ3) is 3.31. The number of fused-ring (bicyclic) bond motifs is 2. The largest absolute Gasteiger partial charge is 0.270 e. The average Bonchev–Trinajstić information content (AvgIpc) is 2.71. The van der Waals surface area contributed by atoms with Crippen molar-refractivity contribution >= 4 is 20.2 Å². The molecule has 104 valence electrons. The van der Waals surface area contributed by atoms with Gasteiger partial charge in [0.05, 0.1) is 25.2 Å². The molecule has 4 unspecified atom stereocenters. The fourth-order valence-electron chi connectivity index (χ4n) is 2.64.